The number of benzene rings is 2. The lowest BCUT2D eigenvalue weighted by Crippen LogP contribution is -2.35. The van der Waals surface area contributed by atoms with Gasteiger partial charge in [-0.2, -0.15) is 0 Å². The Morgan fingerprint density at radius 2 is 1.80 bits per heavy atom. The van der Waals surface area contributed by atoms with Crippen molar-refractivity contribution in [3.63, 3.8) is 0 Å². The lowest BCUT2D eigenvalue weighted by Gasteiger charge is -2.35. The first-order valence-corrected chi connectivity index (χ1v) is 8.92. The van der Waals surface area contributed by atoms with Gasteiger partial charge in [0.05, 0.1) is 6.04 Å². The van der Waals surface area contributed by atoms with E-state index < -0.39 is 0 Å². The highest BCUT2D eigenvalue weighted by Crippen LogP contribution is 2.39. The third-order valence-electron chi connectivity index (χ3n) is 4.57. The second-order valence-corrected chi connectivity index (χ2v) is 6.39. The van der Waals surface area contributed by atoms with Gasteiger partial charge in [-0.05, 0) is 36.1 Å². The molecule has 4 heteroatoms. The zero-order chi connectivity index (χ0) is 17.6. The van der Waals surface area contributed by atoms with Crippen LogP contribution >= 0.6 is 0 Å². The van der Waals surface area contributed by atoms with Crippen LogP contribution in [0.3, 0.4) is 0 Å². The van der Waals surface area contributed by atoms with E-state index in [9.17, 15) is 9.18 Å². The molecule has 1 fully saturated rings. The number of likely N-dealkylation sites (tertiary alicyclic amines) is 1. The van der Waals surface area contributed by atoms with Gasteiger partial charge >= 0.3 is 0 Å². The maximum Gasteiger partial charge on any atom is 0.223 e. The van der Waals surface area contributed by atoms with Crippen LogP contribution in [-0.4, -0.2) is 24.0 Å². The summed E-state index contributed by atoms with van der Waals surface area (Å²) in [6, 6.07) is 16.2. The average Bonchev–Trinajstić information content (AvgIpc) is 3.06. The molecule has 0 aromatic heterocycles. The molecule has 0 bridgehead atoms. The number of amides is 1. The molecule has 1 amide bonds. The molecule has 25 heavy (non-hydrogen) atoms. The molecule has 2 aromatic carbocycles. The van der Waals surface area contributed by atoms with Crippen molar-refractivity contribution in [3.8, 4) is 0 Å². The van der Waals surface area contributed by atoms with Crippen LogP contribution in [0.1, 0.15) is 49.5 Å². The van der Waals surface area contributed by atoms with Crippen LogP contribution in [0.15, 0.2) is 54.6 Å². The average molecular weight is 341 g/mol. The van der Waals surface area contributed by atoms with Crippen molar-refractivity contribution < 1.29 is 13.9 Å². The Bertz CT molecular complexity index is 687. The molecule has 132 valence electrons. The van der Waals surface area contributed by atoms with Crippen LogP contribution in [0.4, 0.5) is 4.39 Å². The maximum atomic E-state index is 13.4. The summed E-state index contributed by atoms with van der Waals surface area (Å²) < 4.78 is 19.6. The first kappa shape index (κ1) is 17.6. The monoisotopic (exact) mass is 341 g/mol. The van der Waals surface area contributed by atoms with Gasteiger partial charge in [-0.15, -0.1) is 0 Å². The molecular formula is C21H24FNO2. The predicted molar refractivity (Wildman–Crippen MR) is 95.5 cm³/mol. The fourth-order valence-electron chi connectivity index (χ4n) is 3.40. The minimum absolute atomic E-state index is 0.154. The van der Waals surface area contributed by atoms with E-state index in [-0.39, 0.29) is 23.9 Å². The number of nitrogens with zero attached hydrogens (tertiary/aromatic N) is 1. The van der Waals surface area contributed by atoms with Crippen molar-refractivity contribution in [2.45, 2.75) is 38.3 Å². The first-order valence-electron chi connectivity index (χ1n) is 8.92. The van der Waals surface area contributed by atoms with Crippen molar-refractivity contribution in [2.75, 3.05) is 13.2 Å². The van der Waals surface area contributed by atoms with Crippen LogP contribution in [0.2, 0.25) is 0 Å². The quantitative estimate of drug-likeness (QED) is 0.733. The van der Waals surface area contributed by atoms with E-state index in [1.54, 1.807) is 12.1 Å². The third-order valence-corrected chi connectivity index (χ3v) is 4.57. The van der Waals surface area contributed by atoms with Gasteiger partial charge < -0.3 is 9.64 Å². The van der Waals surface area contributed by atoms with E-state index in [1.165, 1.54) is 12.1 Å². The van der Waals surface area contributed by atoms with E-state index in [4.69, 9.17) is 4.74 Å². The zero-order valence-corrected chi connectivity index (χ0v) is 14.5. The minimum atomic E-state index is -0.315. The summed E-state index contributed by atoms with van der Waals surface area (Å²) in [5, 5.41) is 0. The Kier molecular flexibility index (Phi) is 5.82. The van der Waals surface area contributed by atoms with Gasteiger partial charge in [0, 0.05) is 19.6 Å². The van der Waals surface area contributed by atoms with E-state index >= 15 is 0 Å². The Morgan fingerprint density at radius 1 is 1.08 bits per heavy atom. The molecular weight excluding hydrogens is 317 g/mol. The van der Waals surface area contributed by atoms with Gasteiger partial charge in [0.2, 0.25) is 5.91 Å². The number of rotatable bonds is 7. The normalized spacial score (nSPS) is 16.9. The van der Waals surface area contributed by atoms with Crippen molar-refractivity contribution in [1.82, 2.24) is 4.90 Å². The predicted octanol–water partition coefficient (Wildman–Crippen LogP) is 4.66. The molecule has 2 atom stereocenters. The Morgan fingerprint density at radius 3 is 2.40 bits per heavy atom. The first-order chi connectivity index (χ1) is 12.2. The van der Waals surface area contributed by atoms with Gasteiger partial charge in [0.1, 0.15) is 11.9 Å². The summed E-state index contributed by atoms with van der Waals surface area (Å²) in [5.74, 6) is -0.118. The Balaban J connectivity index is 2.02. The maximum absolute atomic E-state index is 13.4. The SMILES string of the molecule is CCCO[C@H](c1ccc(F)cc1)[C@H](c1ccccc1)N1CCCC1=O. The molecule has 0 spiro atoms. The van der Waals surface area contributed by atoms with Gasteiger partial charge in [-0.1, -0.05) is 49.4 Å². The lowest BCUT2D eigenvalue weighted by atomic mass is 9.94. The molecule has 0 saturated carbocycles. The fourth-order valence-corrected chi connectivity index (χ4v) is 3.40. The zero-order valence-electron chi connectivity index (χ0n) is 14.5. The molecule has 1 aliphatic heterocycles. The van der Waals surface area contributed by atoms with Crippen LogP contribution in [0, 0.1) is 5.82 Å². The summed E-state index contributed by atoms with van der Waals surface area (Å²) in [6.45, 7) is 3.37. The molecule has 1 aliphatic rings. The van der Waals surface area contributed by atoms with Crippen molar-refractivity contribution in [3.05, 3.63) is 71.5 Å². The summed E-state index contributed by atoms with van der Waals surface area (Å²) in [7, 11) is 0. The standard InChI is InChI=1S/C21H24FNO2/c1-2-15-25-21(17-10-12-18(22)13-11-17)20(16-7-4-3-5-8-16)23-14-6-9-19(23)24/h3-5,7-8,10-13,20-21H,2,6,9,14-15H2,1H3/t20-,21+/m0/s1. The van der Waals surface area contributed by atoms with Crippen LogP contribution in [-0.2, 0) is 9.53 Å². The van der Waals surface area contributed by atoms with Gasteiger partial charge in [-0.3, -0.25) is 4.79 Å². The molecule has 3 nitrogen and oxygen atoms in total. The topological polar surface area (TPSA) is 29.5 Å². The van der Waals surface area contributed by atoms with E-state index in [0.29, 0.717) is 13.0 Å². The van der Waals surface area contributed by atoms with Crippen molar-refractivity contribution >= 4 is 5.91 Å². The molecule has 0 radical (unpaired) electrons. The molecule has 2 aromatic rings. The number of carbonyl (C=O) groups is 1. The van der Waals surface area contributed by atoms with Gasteiger partial charge in [-0.25, -0.2) is 4.39 Å². The lowest BCUT2D eigenvalue weighted by molar-refractivity contribution is -0.133. The number of hydrogen-bond acceptors (Lipinski definition) is 2. The van der Waals surface area contributed by atoms with Crippen molar-refractivity contribution in [2.24, 2.45) is 0 Å². The number of ether oxygens (including phenoxy) is 1. The molecule has 1 saturated heterocycles. The molecule has 0 aliphatic carbocycles. The van der Waals surface area contributed by atoms with E-state index in [2.05, 4.69) is 6.92 Å². The largest absolute Gasteiger partial charge is 0.371 e. The van der Waals surface area contributed by atoms with Crippen LogP contribution in [0.25, 0.3) is 0 Å². The van der Waals surface area contributed by atoms with Crippen molar-refractivity contribution in [1.29, 1.82) is 0 Å². The number of carbonyl (C=O) groups excluding carboxylic acids is 1. The summed E-state index contributed by atoms with van der Waals surface area (Å²) in [6.07, 6.45) is 2.01. The van der Waals surface area contributed by atoms with Gasteiger partial charge in [0.25, 0.3) is 0 Å². The highest BCUT2D eigenvalue weighted by molar-refractivity contribution is 5.78. The third kappa shape index (κ3) is 4.07. The second-order valence-electron chi connectivity index (χ2n) is 6.39. The van der Waals surface area contributed by atoms with Crippen LogP contribution in [0.5, 0.6) is 0 Å². The molecule has 1 heterocycles. The highest BCUT2D eigenvalue weighted by atomic mass is 19.1. The van der Waals surface area contributed by atoms with E-state index in [0.717, 1.165) is 30.5 Å². The van der Waals surface area contributed by atoms with E-state index in [1.807, 2.05) is 35.2 Å². The Labute approximate surface area is 148 Å². The fraction of sp³-hybridized carbons (Fsp3) is 0.381. The smallest absolute Gasteiger partial charge is 0.223 e. The number of hydrogen-bond donors (Lipinski definition) is 0. The van der Waals surface area contributed by atoms with Crippen LogP contribution < -0.4 is 0 Å². The number of halogens is 1. The summed E-state index contributed by atoms with van der Waals surface area (Å²) in [5.41, 5.74) is 1.94. The summed E-state index contributed by atoms with van der Waals surface area (Å²) in [4.78, 5) is 14.4. The molecule has 0 unspecified atom stereocenters. The minimum Gasteiger partial charge on any atom is -0.371 e. The van der Waals surface area contributed by atoms with Gasteiger partial charge in [0.15, 0.2) is 0 Å². The Hall–Kier alpha value is -2.20. The molecule has 3 rings (SSSR count). The second kappa shape index (κ2) is 8.26. The molecule has 0 N–H and O–H groups in total. The summed E-state index contributed by atoms with van der Waals surface area (Å²) >= 11 is 0. The highest BCUT2D eigenvalue weighted by Gasteiger charge is 2.36.